The van der Waals surface area contributed by atoms with Gasteiger partial charge in [-0.25, -0.2) is 0 Å². The normalized spacial score (nSPS) is 22.6. The molecule has 2 N–H and O–H groups in total. The van der Waals surface area contributed by atoms with Gasteiger partial charge in [-0.05, 0) is 25.1 Å². The number of fused-ring (bicyclic) bond motifs is 1. The summed E-state index contributed by atoms with van der Waals surface area (Å²) in [5.74, 6) is -0.0968. The van der Waals surface area contributed by atoms with Gasteiger partial charge in [-0.3, -0.25) is 14.8 Å². The molecule has 1 saturated heterocycles. The molecule has 0 spiro atoms. The van der Waals surface area contributed by atoms with Gasteiger partial charge in [0, 0.05) is 24.6 Å². The van der Waals surface area contributed by atoms with Crippen molar-refractivity contribution < 1.29 is 9.53 Å². The molecule has 104 valence electrons. The van der Waals surface area contributed by atoms with Crippen LogP contribution in [0.3, 0.4) is 0 Å². The van der Waals surface area contributed by atoms with Gasteiger partial charge in [0.25, 0.3) is 0 Å². The van der Waals surface area contributed by atoms with Crippen molar-refractivity contribution in [3.05, 3.63) is 30.6 Å². The SMILES string of the molecule is C[C@H]1OCCN[C@@H]1C(=O)Nc1ccc2nccnc2c1. The fraction of sp³-hybridized carbons (Fsp3) is 0.357. The molecule has 1 aliphatic rings. The third-order valence-corrected chi connectivity index (χ3v) is 3.34. The van der Waals surface area contributed by atoms with Gasteiger partial charge in [-0.15, -0.1) is 0 Å². The fourth-order valence-corrected chi connectivity index (χ4v) is 2.29. The van der Waals surface area contributed by atoms with Gasteiger partial charge < -0.3 is 15.4 Å². The van der Waals surface area contributed by atoms with Crippen molar-refractivity contribution in [1.29, 1.82) is 0 Å². The Morgan fingerprint density at radius 1 is 1.35 bits per heavy atom. The summed E-state index contributed by atoms with van der Waals surface area (Å²) < 4.78 is 5.47. The van der Waals surface area contributed by atoms with Crippen LogP contribution in [0.15, 0.2) is 30.6 Å². The van der Waals surface area contributed by atoms with Gasteiger partial charge in [0.15, 0.2) is 0 Å². The first-order valence-corrected chi connectivity index (χ1v) is 6.61. The molecule has 6 heteroatoms. The van der Waals surface area contributed by atoms with Crippen LogP contribution >= 0.6 is 0 Å². The zero-order valence-electron chi connectivity index (χ0n) is 11.2. The second-order valence-corrected chi connectivity index (χ2v) is 4.76. The molecule has 20 heavy (non-hydrogen) atoms. The van der Waals surface area contributed by atoms with E-state index in [-0.39, 0.29) is 18.1 Å². The van der Waals surface area contributed by atoms with Crippen molar-refractivity contribution in [2.24, 2.45) is 0 Å². The Morgan fingerprint density at radius 2 is 2.15 bits per heavy atom. The minimum Gasteiger partial charge on any atom is -0.375 e. The Hall–Kier alpha value is -2.05. The molecule has 1 aliphatic heterocycles. The number of morpholine rings is 1. The van der Waals surface area contributed by atoms with Gasteiger partial charge in [0.1, 0.15) is 6.04 Å². The minimum absolute atomic E-state index is 0.0968. The molecule has 0 unspecified atom stereocenters. The van der Waals surface area contributed by atoms with Crippen LogP contribution in [0.2, 0.25) is 0 Å². The van der Waals surface area contributed by atoms with Crippen molar-refractivity contribution in [2.75, 3.05) is 18.5 Å². The van der Waals surface area contributed by atoms with Gasteiger partial charge >= 0.3 is 0 Å². The van der Waals surface area contributed by atoms with E-state index in [2.05, 4.69) is 20.6 Å². The molecule has 1 amide bonds. The number of carbonyl (C=O) groups is 1. The van der Waals surface area contributed by atoms with Crippen molar-refractivity contribution >= 4 is 22.6 Å². The zero-order chi connectivity index (χ0) is 13.9. The lowest BCUT2D eigenvalue weighted by atomic mass is 10.1. The van der Waals surface area contributed by atoms with E-state index < -0.39 is 0 Å². The van der Waals surface area contributed by atoms with Crippen LogP contribution in [-0.2, 0) is 9.53 Å². The highest BCUT2D eigenvalue weighted by molar-refractivity contribution is 5.96. The molecule has 2 aromatic rings. The summed E-state index contributed by atoms with van der Waals surface area (Å²) in [6, 6.07) is 5.14. The summed E-state index contributed by atoms with van der Waals surface area (Å²) >= 11 is 0. The van der Waals surface area contributed by atoms with E-state index in [0.29, 0.717) is 18.8 Å². The lowest BCUT2D eigenvalue weighted by Crippen LogP contribution is -2.53. The second-order valence-electron chi connectivity index (χ2n) is 4.76. The Kier molecular flexibility index (Phi) is 3.58. The number of anilines is 1. The number of hydrogen-bond donors (Lipinski definition) is 2. The maximum atomic E-state index is 12.2. The van der Waals surface area contributed by atoms with E-state index in [9.17, 15) is 4.79 Å². The summed E-state index contributed by atoms with van der Waals surface area (Å²) in [6.07, 6.45) is 3.14. The molecule has 1 fully saturated rings. The molecule has 3 rings (SSSR count). The molecule has 0 bridgehead atoms. The fourth-order valence-electron chi connectivity index (χ4n) is 2.29. The van der Waals surface area contributed by atoms with E-state index in [4.69, 9.17) is 4.74 Å². The summed E-state index contributed by atoms with van der Waals surface area (Å²) in [5, 5.41) is 6.05. The highest BCUT2D eigenvalue weighted by Gasteiger charge is 2.28. The van der Waals surface area contributed by atoms with Crippen molar-refractivity contribution in [2.45, 2.75) is 19.1 Å². The van der Waals surface area contributed by atoms with Gasteiger partial charge in [-0.2, -0.15) is 0 Å². The van der Waals surface area contributed by atoms with Gasteiger partial charge in [0.2, 0.25) is 5.91 Å². The number of carbonyl (C=O) groups excluding carboxylic acids is 1. The average Bonchev–Trinajstić information content (AvgIpc) is 2.47. The predicted molar refractivity (Wildman–Crippen MR) is 75.4 cm³/mol. The predicted octanol–water partition coefficient (Wildman–Crippen LogP) is 0.945. The lowest BCUT2D eigenvalue weighted by molar-refractivity contribution is -0.123. The Bertz CT molecular complexity index is 631. The number of ether oxygens (including phenoxy) is 1. The van der Waals surface area contributed by atoms with Crippen LogP contribution in [-0.4, -0.2) is 41.2 Å². The highest BCUT2D eigenvalue weighted by atomic mass is 16.5. The monoisotopic (exact) mass is 272 g/mol. The molecule has 0 aliphatic carbocycles. The van der Waals surface area contributed by atoms with E-state index >= 15 is 0 Å². The minimum atomic E-state index is -0.332. The molecular weight excluding hydrogens is 256 g/mol. The molecule has 0 radical (unpaired) electrons. The number of rotatable bonds is 2. The molecular formula is C14H16N4O2. The third-order valence-electron chi connectivity index (χ3n) is 3.34. The first-order valence-electron chi connectivity index (χ1n) is 6.61. The number of aromatic nitrogens is 2. The first kappa shape index (κ1) is 13.0. The Balaban J connectivity index is 1.76. The molecule has 6 nitrogen and oxygen atoms in total. The summed E-state index contributed by atoms with van der Waals surface area (Å²) in [5.41, 5.74) is 2.27. The average molecular weight is 272 g/mol. The number of nitrogens with one attached hydrogen (secondary N) is 2. The molecule has 1 aromatic heterocycles. The third kappa shape index (κ3) is 2.61. The standard InChI is InChI=1S/C14H16N4O2/c1-9-13(17-6-7-20-9)14(19)18-10-2-3-11-12(8-10)16-5-4-15-11/h2-5,8-9,13,17H,6-7H2,1H3,(H,18,19)/t9-,13+/m1/s1. The lowest BCUT2D eigenvalue weighted by Gasteiger charge is -2.29. The van der Waals surface area contributed by atoms with E-state index in [1.807, 2.05) is 25.1 Å². The summed E-state index contributed by atoms with van der Waals surface area (Å²) in [4.78, 5) is 20.6. The van der Waals surface area contributed by atoms with Crippen LogP contribution < -0.4 is 10.6 Å². The van der Waals surface area contributed by atoms with Crippen LogP contribution in [0.1, 0.15) is 6.92 Å². The summed E-state index contributed by atoms with van der Waals surface area (Å²) in [7, 11) is 0. The molecule has 1 aromatic carbocycles. The number of nitrogens with zero attached hydrogens (tertiary/aromatic N) is 2. The highest BCUT2D eigenvalue weighted by Crippen LogP contribution is 2.16. The summed E-state index contributed by atoms with van der Waals surface area (Å²) in [6.45, 7) is 3.21. The number of benzene rings is 1. The quantitative estimate of drug-likeness (QED) is 0.851. The van der Waals surface area contributed by atoms with Crippen LogP contribution in [0.25, 0.3) is 11.0 Å². The smallest absolute Gasteiger partial charge is 0.244 e. The number of amides is 1. The van der Waals surface area contributed by atoms with Crippen LogP contribution in [0, 0.1) is 0 Å². The molecule has 2 atom stereocenters. The van der Waals surface area contributed by atoms with Gasteiger partial charge in [-0.1, -0.05) is 0 Å². The molecule has 2 heterocycles. The van der Waals surface area contributed by atoms with Gasteiger partial charge in [0.05, 0.1) is 23.7 Å². The van der Waals surface area contributed by atoms with E-state index in [0.717, 1.165) is 11.0 Å². The molecule has 0 saturated carbocycles. The van der Waals surface area contributed by atoms with Crippen molar-refractivity contribution in [1.82, 2.24) is 15.3 Å². The zero-order valence-corrected chi connectivity index (χ0v) is 11.2. The maximum Gasteiger partial charge on any atom is 0.244 e. The maximum absolute atomic E-state index is 12.2. The van der Waals surface area contributed by atoms with Crippen LogP contribution in [0.4, 0.5) is 5.69 Å². The van der Waals surface area contributed by atoms with Crippen molar-refractivity contribution in [3.63, 3.8) is 0 Å². The van der Waals surface area contributed by atoms with Crippen molar-refractivity contribution in [3.8, 4) is 0 Å². The van der Waals surface area contributed by atoms with E-state index in [1.54, 1.807) is 12.4 Å². The second kappa shape index (κ2) is 5.52. The number of hydrogen-bond acceptors (Lipinski definition) is 5. The van der Waals surface area contributed by atoms with E-state index in [1.165, 1.54) is 0 Å². The largest absolute Gasteiger partial charge is 0.375 e. The Labute approximate surface area is 116 Å². The Morgan fingerprint density at radius 3 is 2.95 bits per heavy atom. The van der Waals surface area contributed by atoms with Crippen LogP contribution in [0.5, 0.6) is 0 Å². The topological polar surface area (TPSA) is 76.1 Å². The first-order chi connectivity index (χ1) is 9.74.